The van der Waals surface area contributed by atoms with Crippen molar-refractivity contribution in [1.29, 1.82) is 0 Å². The van der Waals surface area contributed by atoms with Crippen molar-refractivity contribution in [1.82, 2.24) is 24.9 Å². The molecule has 126 valence electrons. The molecule has 7 nitrogen and oxygen atoms in total. The molecule has 0 spiro atoms. The summed E-state index contributed by atoms with van der Waals surface area (Å²) >= 11 is 7.46. The molecule has 0 unspecified atom stereocenters. The molecular formula is C16H12ClN5O2S. The van der Waals surface area contributed by atoms with Crippen LogP contribution in [0, 0.1) is 0 Å². The van der Waals surface area contributed by atoms with Gasteiger partial charge in [-0.3, -0.25) is 0 Å². The van der Waals surface area contributed by atoms with Gasteiger partial charge in [-0.15, -0.1) is 10.2 Å². The van der Waals surface area contributed by atoms with E-state index in [1.807, 2.05) is 29.8 Å². The second-order valence-electron chi connectivity index (χ2n) is 5.19. The maximum Gasteiger partial charge on any atom is 0.258 e. The van der Waals surface area contributed by atoms with Crippen LogP contribution in [0.2, 0.25) is 5.02 Å². The van der Waals surface area contributed by atoms with Crippen LogP contribution < -0.4 is 0 Å². The average Bonchev–Trinajstić information content (AvgIpc) is 3.34. The van der Waals surface area contributed by atoms with Crippen molar-refractivity contribution >= 4 is 23.4 Å². The molecule has 0 bridgehead atoms. The molecule has 9 heteroatoms. The van der Waals surface area contributed by atoms with Crippen molar-refractivity contribution in [2.45, 2.75) is 10.9 Å². The van der Waals surface area contributed by atoms with Crippen molar-refractivity contribution in [2.24, 2.45) is 7.05 Å². The molecule has 0 aliphatic carbocycles. The topological polar surface area (TPSA) is 82.8 Å². The van der Waals surface area contributed by atoms with Gasteiger partial charge in [0.1, 0.15) is 6.26 Å². The minimum atomic E-state index is 0.440. The van der Waals surface area contributed by atoms with E-state index < -0.39 is 0 Å². The highest BCUT2D eigenvalue weighted by atomic mass is 35.5. The molecule has 0 aliphatic heterocycles. The molecule has 0 N–H and O–H groups in total. The first-order valence-electron chi connectivity index (χ1n) is 7.34. The van der Waals surface area contributed by atoms with E-state index in [0.717, 1.165) is 22.1 Å². The van der Waals surface area contributed by atoms with Crippen molar-refractivity contribution in [3.63, 3.8) is 0 Å². The predicted octanol–water partition coefficient (Wildman–Crippen LogP) is 4.07. The van der Waals surface area contributed by atoms with Crippen LogP contribution in [-0.4, -0.2) is 24.9 Å². The molecule has 0 saturated heterocycles. The highest BCUT2D eigenvalue weighted by Crippen LogP contribution is 2.26. The first-order valence-corrected chi connectivity index (χ1v) is 8.70. The molecule has 3 heterocycles. The molecule has 4 rings (SSSR count). The lowest BCUT2D eigenvalue weighted by Gasteiger charge is -2.00. The van der Waals surface area contributed by atoms with E-state index in [9.17, 15) is 0 Å². The third-order valence-electron chi connectivity index (χ3n) is 3.48. The average molecular weight is 374 g/mol. The first kappa shape index (κ1) is 15.9. The smallest absolute Gasteiger partial charge is 0.258 e. The van der Waals surface area contributed by atoms with E-state index in [0.29, 0.717) is 22.5 Å². The highest BCUT2D eigenvalue weighted by Gasteiger charge is 2.14. The number of hydrogen-bond donors (Lipinski definition) is 0. The molecule has 0 radical (unpaired) electrons. The van der Waals surface area contributed by atoms with Crippen molar-refractivity contribution in [3.05, 3.63) is 53.7 Å². The van der Waals surface area contributed by atoms with Crippen LogP contribution in [0.5, 0.6) is 0 Å². The van der Waals surface area contributed by atoms with Crippen LogP contribution in [0.15, 0.2) is 57.0 Å². The van der Waals surface area contributed by atoms with Gasteiger partial charge in [0.05, 0.1) is 17.6 Å². The van der Waals surface area contributed by atoms with Crippen molar-refractivity contribution < 1.29 is 8.94 Å². The predicted molar refractivity (Wildman–Crippen MR) is 93.0 cm³/mol. The first-order chi connectivity index (χ1) is 12.2. The Kier molecular flexibility index (Phi) is 4.29. The number of aromatic nitrogens is 5. The summed E-state index contributed by atoms with van der Waals surface area (Å²) in [4.78, 5) is 4.39. The molecule has 0 fully saturated rings. The van der Waals surface area contributed by atoms with Crippen LogP contribution in [0.1, 0.15) is 5.82 Å². The highest BCUT2D eigenvalue weighted by molar-refractivity contribution is 7.98. The van der Waals surface area contributed by atoms with Gasteiger partial charge in [0.25, 0.3) is 5.89 Å². The largest absolute Gasteiger partial charge is 0.472 e. The van der Waals surface area contributed by atoms with E-state index in [1.54, 1.807) is 24.7 Å². The van der Waals surface area contributed by atoms with Gasteiger partial charge in [-0.1, -0.05) is 34.6 Å². The molecule has 1 aromatic carbocycles. The van der Waals surface area contributed by atoms with Gasteiger partial charge in [-0.2, -0.15) is 4.98 Å². The third-order valence-corrected chi connectivity index (χ3v) is 4.74. The van der Waals surface area contributed by atoms with Crippen molar-refractivity contribution in [2.75, 3.05) is 0 Å². The number of hydrogen-bond acceptors (Lipinski definition) is 7. The number of rotatable bonds is 5. The molecule has 0 atom stereocenters. The summed E-state index contributed by atoms with van der Waals surface area (Å²) < 4.78 is 12.3. The summed E-state index contributed by atoms with van der Waals surface area (Å²) in [7, 11) is 1.90. The van der Waals surface area contributed by atoms with Crippen LogP contribution in [0.25, 0.3) is 22.8 Å². The fraction of sp³-hybridized carbons (Fsp3) is 0.125. The van der Waals surface area contributed by atoms with Gasteiger partial charge < -0.3 is 13.5 Å². The molecule has 0 saturated carbocycles. The summed E-state index contributed by atoms with van der Waals surface area (Å²) in [6.07, 6.45) is 3.24. The summed E-state index contributed by atoms with van der Waals surface area (Å²) in [5.41, 5.74) is 1.67. The number of thioether (sulfide) groups is 1. The number of halogens is 1. The lowest BCUT2D eigenvalue weighted by Crippen LogP contribution is -1.94. The molecule has 4 aromatic rings. The van der Waals surface area contributed by atoms with E-state index in [2.05, 4.69) is 20.3 Å². The summed E-state index contributed by atoms with van der Waals surface area (Å²) in [6.45, 7) is 0. The van der Waals surface area contributed by atoms with Crippen LogP contribution >= 0.6 is 23.4 Å². The quantitative estimate of drug-likeness (QED) is 0.487. The normalized spacial score (nSPS) is 11.1. The summed E-state index contributed by atoms with van der Waals surface area (Å²) in [5.74, 6) is 2.27. The Balaban J connectivity index is 1.48. The summed E-state index contributed by atoms with van der Waals surface area (Å²) in [5, 5.41) is 13.8. The lowest BCUT2D eigenvalue weighted by atomic mass is 10.2. The monoisotopic (exact) mass is 373 g/mol. The van der Waals surface area contributed by atoms with E-state index in [1.165, 1.54) is 11.8 Å². The minimum absolute atomic E-state index is 0.440. The van der Waals surface area contributed by atoms with Gasteiger partial charge in [-0.05, 0) is 24.3 Å². The lowest BCUT2D eigenvalue weighted by molar-refractivity contribution is 0.425. The zero-order chi connectivity index (χ0) is 17.2. The van der Waals surface area contributed by atoms with Gasteiger partial charge in [0.15, 0.2) is 16.8 Å². The van der Waals surface area contributed by atoms with Crippen LogP contribution in [0.3, 0.4) is 0 Å². The van der Waals surface area contributed by atoms with Crippen molar-refractivity contribution in [3.8, 4) is 22.8 Å². The Labute approximate surface area is 152 Å². The van der Waals surface area contributed by atoms with Gasteiger partial charge in [0.2, 0.25) is 0 Å². The number of benzene rings is 1. The Morgan fingerprint density at radius 3 is 2.92 bits per heavy atom. The number of nitrogens with zero attached hydrogens (tertiary/aromatic N) is 5. The van der Waals surface area contributed by atoms with Gasteiger partial charge in [0, 0.05) is 17.6 Å². The fourth-order valence-corrected chi connectivity index (χ4v) is 3.21. The Bertz CT molecular complexity index is 996. The Morgan fingerprint density at radius 1 is 1.20 bits per heavy atom. The second kappa shape index (κ2) is 6.73. The fourth-order valence-electron chi connectivity index (χ4n) is 2.26. The van der Waals surface area contributed by atoms with E-state index >= 15 is 0 Å². The second-order valence-corrected chi connectivity index (χ2v) is 6.57. The molecule has 0 amide bonds. The van der Waals surface area contributed by atoms with Gasteiger partial charge >= 0.3 is 0 Å². The maximum absolute atomic E-state index is 5.99. The standard InChI is InChI=1S/C16H12ClN5O2S/c1-22-14(11-5-6-23-8-11)19-20-16(22)25-9-13-18-15(24-21-13)10-3-2-4-12(17)7-10/h2-8H,9H2,1H3. The zero-order valence-corrected chi connectivity index (χ0v) is 14.7. The van der Waals surface area contributed by atoms with Crippen LogP contribution in [0.4, 0.5) is 0 Å². The molecule has 3 aromatic heterocycles. The van der Waals surface area contributed by atoms with E-state index in [4.69, 9.17) is 20.5 Å². The van der Waals surface area contributed by atoms with E-state index in [-0.39, 0.29) is 0 Å². The third kappa shape index (κ3) is 3.31. The van der Waals surface area contributed by atoms with Gasteiger partial charge in [-0.25, -0.2) is 0 Å². The number of furan rings is 1. The molecular weight excluding hydrogens is 362 g/mol. The molecule has 25 heavy (non-hydrogen) atoms. The SMILES string of the molecule is Cn1c(SCc2noc(-c3cccc(Cl)c3)n2)nnc1-c1ccoc1. The zero-order valence-electron chi connectivity index (χ0n) is 13.1. The Hall–Kier alpha value is -2.58. The van der Waals surface area contributed by atoms with Crippen LogP contribution in [-0.2, 0) is 12.8 Å². The minimum Gasteiger partial charge on any atom is -0.472 e. The maximum atomic E-state index is 5.99. The summed E-state index contributed by atoms with van der Waals surface area (Å²) in [6, 6.07) is 9.13. The molecule has 0 aliphatic rings. The Morgan fingerprint density at radius 2 is 2.12 bits per heavy atom.